The Kier molecular flexibility index (Phi) is 55.7. The van der Waals surface area contributed by atoms with Crippen LogP contribution in [0.1, 0.15) is 193 Å². The van der Waals surface area contributed by atoms with E-state index in [2.05, 4.69) is 223 Å². The van der Waals surface area contributed by atoms with Gasteiger partial charge in [-0.1, -0.05) is 270 Å². The summed E-state index contributed by atoms with van der Waals surface area (Å²) in [5.74, 6) is 0.417. The van der Waals surface area contributed by atoms with E-state index >= 15 is 0 Å². The van der Waals surface area contributed by atoms with Crippen molar-refractivity contribution in [3.63, 3.8) is 0 Å². The molecule has 3 heterocycles. The molecule has 0 radical (unpaired) electrons. The minimum Gasteiger partial charge on any atom is -0.378 e. The van der Waals surface area contributed by atoms with Gasteiger partial charge >= 0.3 is 0 Å². The summed E-state index contributed by atoms with van der Waals surface area (Å²) in [4.78, 5) is 29.9. The molecule has 3 aliphatic heterocycles. The van der Waals surface area contributed by atoms with E-state index in [-0.39, 0.29) is 29.7 Å². The van der Waals surface area contributed by atoms with Crippen LogP contribution in [0.25, 0.3) is 0 Å². The fraction of sp³-hybridized carbons (Fsp3) is 0.370. The average molecular weight is 1370 g/mol. The molecular weight excluding hydrogens is 1230 g/mol. The third-order valence-corrected chi connectivity index (χ3v) is 14.6. The van der Waals surface area contributed by atoms with Gasteiger partial charge in [-0.25, -0.2) is 4.58 Å². The number of anilines is 3. The second-order valence-corrected chi connectivity index (χ2v) is 20.8. The van der Waals surface area contributed by atoms with Crippen LogP contribution in [0.5, 0.6) is 0 Å². The molecular formula is C92H138N9+. The summed E-state index contributed by atoms with van der Waals surface area (Å²) in [5.41, 5.74) is 21.9. The van der Waals surface area contributed by atoms with Crippen LogP contribution < -0.4 is 14.7 Å². The molecule has 101 heavy (non-hydrogen) atoms. The van der Waals surface area contributed by atoms with E-state index in [0.717, 1.165) is 87.0 Å². The number of para-hydroxylation sites is 3. The molecule has 7 aromatic carbocycles. The van der Waals surface area contributed by atoms with Crippen molar-refractivity contribution in [1.29, 1.82) is 0 Å². The van der Waals surface area contributed by atoms with Gasteiger partial charge in [-0.15, -0.1) is 0 Å². The summed E-state index contributed by atoms with van der Waals surface area (Å²) in [6, 6.07) is 59.2. The SMILES string of the molecule is C.C.C.C.CC.CC.CC.CC.CC.CC.CC.CC.CC.CN(C)c1ccc(C=Nc2ccc(C3=Nc4ccccc4C3)cc2)cc1.CN(C)c1ccc(C=Nc2ccc(C3=Nc4ccccc4C3)cc2)cc1.CN1c2ccccc2CC1C1C=CC(=NC=C2C=CC(=[N+](C)C)C=C2)C=C1. The maximum absolute atomic E-state index is 4.74. The van der Waals surface area contributed by atoms with Gasteiger partial charge in [0.15, 0.2) is 5.71 Å². The first kappa shape index (κ1) is 98.0. The molecule has 1 unspecified atom stereocenters. The zero-order chi connectivity index (χ0) is 72.7. The molecule has 5 aliphatic rings. The topological polar surface area (TPSA) is 74.5 Å². The van der Waals surface area contributed by atoms with E-state index in [9.17, 15) is 0 Å². The van der Waals surface area contributed by atoms with Crippen molar-refractivity contribution in [3.8, 4) is 0 Å². The quantitative estimate of drug-likeness (QED) is 0.101. The molecule has 12 rings (SSSR count). The van der Waals surface area contributed by atoms with Crippen molar-refractivity contribution < 1.29 is 4.58 Å². The molecule has 1 atom stereocenters. The zero-order valence-electron chi connectivity index (χ0n) is 64.3. The lowest BCUT2D eigenvalue weighted by Gasteiger charge is -2.28. The Labute approximate surface area is 619 Å². The highest BCUT2D eigenvalue weighted by atomic mass is 15.2. The first-order chi connectivity index (χ1) is 47.5. The van der Waals surface area contributed by atoms with Crippen molar-refractivity contribution >= 4 is 75.1 Å². The van der Waals surface area contributed by atoms with Crippen molar-refractivity contribution in [2.45, 2.75) is 180 Å². The highest BCUT2D eigenvalue weighted by Gasteiger charge is 2.31. The Balaban J connectivity index is -0.000000616. The van der Waals surface area contributed by atoms with Gasteiger partial charge in [-0.2, -0.15) is 0 Å². The maximum Gasteiger partial charge on any atom is 0.199 e. The van der Waals surface area contributed by atoms with Gasteiger partial charge in [0.25, 0.3) is 0 Å². The van der Waals surface area contributed by atoms with Gasteiger partial charge in [-0.05, 0) is 142 Å². The Hall–Kier alpha value is -9.34. The third-order valence-electron chi connectivity index (χ3n) is 14.6. The average Bonchev–Trinajstić information content (AvgIpc) is 1.66. The highest BCUT2D eigenvalue weighted by Crippen LogP contribution is 2.36. The summed E-state index contributed by atoms with van der Waals surface area (Å²) in [6.45, 7) is 36.0. The molecule has 0 N–H and O–H groups in total. The van der Waals surface area contributed by atoms with Crippen LogP contribution in [0, 0.1) is 5.92 Å². The molecule has 7 aromatic rings. The van der Waals surface area contributed by atoms with Gasteiger partial charge in [0.1, 0.15) is 14.1 Å². The second kappa shape index (κ2) is 57.4. The van der Waals surface area contributed by atoms with E-state index in [1.54, 1.807) is 0 Å². The highest BCUT2D eigenvalue weighted by molar-refractivity contribution is 6.08. The molecule has 9 heteroatoms. The predicted octanol–water partition coefficient (Wildman–Crippen LogP) is 26.1. The molecule has 9 nitrogen and oxygen atoms in total. The normalized spacial score (nSPS) is 13.4. The van der Waals surface area contributed by atoms with Crippen molar-refractivity contribution in [3.05, 3.63) is 269 Å². The number of hydrogen-bond donors (Lipinski definition) is 0. The van der Waals surface area contributed by atoms with Gasteiger partial charge in [0, 0.05) is 108 Å². The molecule has 0 amide bonds. The van der Waals surface area contributed by atoms with E-state index < -0.39 is 0 Å². The fourth-order valence-electron chi connectivity index (χ4n) is 9.95. The van der Waals surface area contributed by atoms with Crippen molar-refractivity contribution in [1.82, 2.24) is 0 Å². The number of hydrogen-bond acceptors (Lipinski definition) is 8. The monoisotopic (exact) mass is 1370 g/mol. The van der Waals surface area contributed by atoms with Crippen molar-refractivity contribution in [2.75, 3.05) is 64.0 Å². The van der Waals surface area contributed by atoms with Crippen LogP contribution in [-0.4, -0.2) is 95.2 Å². The maximum atomic E-state index is 4.74. The van der Waals surface area contributed by atoms with Gasteiger partial charge in [0.05, 0.1) is 39.9 Å². The Morgan fingerprint density at radius 1 is 0.426 bits per heavy atom. The number of allylic oxidation sites excluding steroid dienone is 7. The first-order valence-electron chi connectivity index (χ1n) is 36.0. The Bertz CT molecular complexity index is 3460. The van der Waals surface area contributed by atoms with E-state index in [0.29, 0.717) is 12.0 Å². The number of aliphatic imine (C=N–C) groups is 5. The van der Waals surface area contributed by atoms with Crippen LogP contribution in [0.2, 0.25) is 0 Å². The predicted molar refractivity (Wildman–Crippen MR) is 466 cm³/mol. The summed E-state index contributed by atoms with van der Waals surface area (Å²) in [7, 11) is 14.5. The lowest BCUT2D eigenvalue weighted by Crippen LogP contribution is -2.34. The lowest BCUT2D eigenvalue weighted by atomic mass is 9.92. The molecule has 2 aliphatic carbocycles. The number of rotatable bonds is 10. The van der Waals surface area contributed by atoms with E-state index in [1.807, 2.05) is 222 Å². The van der Waals surface area contributed by atoms with Crippen LogP contribution in [0.3, 0.4) is 0 Å². The zero-order valence-corrected chi connectivity index (χ0v) is 64.3. The van der Waals surface area contributed by atoms with Crippen molar-refractivity contribution in [2.24, 2.45) is 30.9 Å². The van der Waals surface area contributed by atoms with Gasteiger partial charge in [0.2, 0.25) is 0 Å². The molecule has 0 spiro atoms. The smallest absolute Gasteiger partial charge is 0.199 e. The number of nitrogens with zero attached hydrogens (tertiary/aromatic N) is 9. The molecule has 550 valence electrons. The van der Waals surface area contributed by atoms with E-state index in [4.69, 9.17) is 9.98 Å². The summed E-state index contributed by atoms with van der Waals surface area (Å²) in [6.07, 6.45) is 25.9. The van der Waals surface area contributed by atoms with Crippen LogP contribution in [0.15, 0.2) is 255 Å². The standard InChI is InChI=1S/C24H26N3.2C23H21N3.9C2H6.4CH4/c1-26(2)22-14-8-18(9-15-22)17-25-21-12-10-19(11-13-21)24-16-20-6-4-5-7-23(20)27(24)3;2*1-26(2)21-13-7-17(8-14-21)16-24-20-11-9-18(10-12-20)23-15-19-5-3-4-6-22(19)25-23;9*1-2;;;;/h4-15,17,19,24H,16H2,1-3H3;2*3-14,16H,15H2,1-2H3;9*1-2H3;4*1H4/q+1;;;;;;;;;;;;;;;. The summed E-state index contributed by atoms with van der Waals surface area (Å²) < 4.78 is 2.10. The van der Waals surface area contributed by atoms with Gasteiger partial charge in [-0.3, -0.25) is 25.0 Å². The number of likely N-dealkylation sites (N-methyl/N-ethyl adjacent to an activating group) is 1. The minimum absolute atomic E-state index is 0. The molecule has 0 aromatic heterocycles. The molecule has 0 fully saturated rings. The largest absolute Gasteiger partial charge is 0.378 e. The van der Waals surface area contributed by atoms with E-state index in [1.165, 1.54) is 39.5 Å². The van der Waals surface area contributed by atoms with Crippen LogP contribution >= 0.6 is 0 Å². The first-order valence-corrected chi connectivity index (χ1v) is 36.0. The fourth-order valence-corrected chi connectivity index (χ4v) is 9.95. The number of fused-ring (bicyclic) bond motifs is 3. The number of benzene rings is 7. The third kappa shape index (κ3) is 31.4. The molecule has 0 saturated carbocycles. The molecule has 0 saturated heterocycles. The van der Waals surface area contributed by atoms with Crippen LogP contribution in [-0.2, 0) is 19.3 Å². The second-order valence-electron chi connectivity index (χ2n) is 20.8. The Morgan fingerprint density at radius 2 is 0.782 bits per heavy atom. The van der Waals surface area contributed by atoms with Crippen LogP contribution in [0.4, 0.5) is 39.8 Å². The molecule has 0 bridgehead atoms. The summed E-state index contributed by atoms with van der Waals surface area (Å²) in [5, 5.41) is 0. The summed E-state index contributed by atoms with van der Waals surface area (Å²) >= 11 is 0. The lowest BCUT2D eigenvalue weighted by molar-refractivity contribution is -0.462. The Morgan fingerprint density at radius 3 is 1.13 bits per heavy atom. The van der Waals surface area contributed by atoms with Gasteiger partial charge < -0.3 is 14.7 Å². The minimum atomic E-state index is 0.